The maximum absolute atomic E-state index is 12.3. The van der Waals surface area contributed by atoms with Crippen molar-refractivity contribution in [1.82, 2.24) is 4.90 Å². The molecule has 0 aliphatic heterocycles. The molecule has 6 heteroatoms. The van der Waals surface area contributed by atoms with Gasteiger partial charge in [-0.05, 0) is 42.9 Å². The van der Waals surface area contributed by atoms with Crippen molar-refractivity contribution in [1.29, 1.82) is 0 Å². The van der Waals surface area contributed by atoms with E-state index < -0.39 is 0 Å². The lowest BCUT2D eigenvalue weighted by molar-refractivity contribution is -0.145. The van der Waals surface area contributed by atoms with E-state index in [9.17, 15) is 9.59 Å². The normalized spacial score (nSPS) is 11.7. The first-order chi connectivity index (χ1) is 13.0. The average molecular weight is 370 g/mol. The Balaban J connectivity index is 1.86. The SMILES string of the molecule is CCN(CC(=O)Nc1ccc(Oc2ccccc2)cc1)CC(C)C(=O)OC. The zero-order chi connectivity index (χ0) is 19.6. The lowest BCUT2D eigenvalue weighted by atomic mass is 10.1. The molecule has 2 aromatic rings. The number of hydrogen-bond donors (Lipinski definition) is 1. The number of esters is 1. The third-order valence-electron chi connectivity index (χ3n) is 4.07. The van der Waals surface area contributed by atoms with Crippen LogP contribution in [0.5, 0.6) is 11.5 Å². The second-order valence-corrected chi connectivity index (χ2v) is 6.24. The van der Waals surface area contributed by atoms with E-state index in [1.807, 2.05) is 42.2 Å². The summed E-state index contributed by atoms with van der Waals surface area (Å²) in [5.74, 6) is 0.763. The first-order valence-electron chi connectivity index (χ1n) is 8.94. The number of anilines is 1. The second-order valence-electron chi connectivity index (χ2n) is 6.24. The summed E-state index contributed by atoms with van der Waals surface area (Å²) in [6, 6.07) is 16.7. The first-order valence-corrected chi connectivity index (χ1v) is 8.94. The number of rotatable bonds is 9. The number of benzene rings is 2. The summed E-state index contributed by atoms with van der Waals surface area (Å²) in [6.45, 7) is 5.09. The van der Waals surface area contributed by atoms with Gasteiger partial charge in [-0.15, -0.1) is 0 Å². The summed E-state index contributed by atoms with van der Waals surface area (Å²) in [6.07, 6.45) is 0. The van der Waals surface area contributed by atoms with E-state index in [1.54, 1.807) is 31.2 Å². The third kappa shape index (κ3) is 6.75. The Labute approximate surface area is 160 Å². The fourth-order valence-electron chi connectivity index (χ4n) is 2.60. The molecular weight excluding hydrogens is 344 g/mol. The van der Waals surface area contributed by atoms with E-state index in [2.05, 4.69) is 5.32 Å². The van der Waals surface area contributed by atoms with Crippen LogP contribution in [0.15, 0.2) is 54.6 Å². The molecule has 6 nitrogen and oxygen atoms in total. The van der Waals surface area contributed by atoms with Crippen LogP contribution < -0.4 is 10.1 Å². The number of carbonyl (C=O) groups is 2. The number of likely N-dealkylation sites (N-methyl/N-ethyl adjacent to an activating group) is 1. The van der Waals surface area contributed by atoms with Crippen molar-refractivity contribution in [3.63, 3.8) is 0 Å². The highest BCUT2D eigenvalue weighted by Gasteiger charge is 2.18. The number of hydrogen-bond acceptors (Lipinski definition) is 5. The number of nitrogens with one attached hydrogen (secondary N) is 1. The van der Waals surface area contributed by atoms with E-state index in [4.69, 9.17) is 9.47 Å². The van der Waals surface area contributed by atoms with Gasteiger partial charge < -0.3 is 14.8 Å². The molecule has 1 unspecified atom stereocenters. The number of ether oxygens (including phenoxy) is 2. The van der Waals surface area contributed by atoms with Gasteiger partial charge in [-0.1, -0.05) is 32.0 Å². The van der Waals surface area contributed by atoms with Gasteiger partial charge in [0, 0.05) is 12.2 Å². The van der Waals surface area contributed by atoms with Crippen LogP contribution in [0.25, 0.3) is 0 Å². The van der Waals surface area contributed by atoms with Crippen LogP contribution >= 0.6 is 0 Å². The highest BCUT2D eigenvalue weighted by Crippen LogP contribution is 2.22. The Kier molecular flexibility index (Phi) is 7.82. The molecule has 1 N–H and O–H groups in total. The zero-order valence-electron chi connectivity index (χ0n) is 16.0. The van der Waals surface area contributed by atoms with E-state index in [1.165, 1.54) is 7.11 Å². The molecule has 0 aliphatic rings. The zero-order valence-corrected chi connectivity index (χ0v) is 16.0. The van der Waals surface area contributed by atoms with E-state index in [0.29, 0.717) is 24.5 Å². The first kappa shape index (κ1) is 20.5. The topological polar surface area (TPSA) is 67.9 Å². The van der Waals surface area contributed by atoms with Crippen molar-refractivity contribution in [2.24, 2.45) is 5.92 Å². The van der Waals surface area contributed by atoms with Crippen molar-refractivity contribution in [3.05, 3.63) is 54.6 Å². The number of nitrogens with zero attached hydrogens (tertiary/aromatic N) is 1. The quantitative estimate of drug-likeness (QED) is 0.684. The fourth-order valence-corrected chi connectivity index (χ4v) is 2.60. The van der Waals surface area contributed by atoms with Gasteiger partial charge in [-0.25, -0.2) is 0 Å². The highest BCUT2D eigenvalue weighted by molar-refractivity contribution is 5.92. The summed E-state index contributed by atoms with van der Waals surface area (Å²) in [5, 5.41) is 2.86. The van der Waals surface area contributed by atoms with Crippen LogP contribution in [0.3, 0.4) is 0 Å². The van der Waals surface area contributed by atoms with Crippen molar-refractivity contribution in [2.45, 2.75) is 13.8 Å². The minimum absolute atomic E-state index is 0.134. The highest BCUT2D eigenvalue weighted by atomic mass is 16.5. The summed E-state index contributed by atoms with van der Waals surface area (Å²) in [4.78, 5) is 25.7. The molecule has 0 fully saturated rings. The van der Waals surface area contributed by atoms with Gasteiger partial charge in [-0.3, -0.25) is 14.5 Å². The van der Waals surface area contributed by atoms with Gasteiger partial charge in [0.05, 0.1) is 19.6 Å². The summed E-state index contributed by atoms with van der Waals surface area (Å²) in [5.41, 5.74) is 0.692. The van der Waals surface area contributed by atoms with Gasteiger partial charge in [0.2, 0.25) is 5.91 Å². The number of para-hydroxylation sites is 1. The van der Waals surface area contributed by atoms with Crippen molar-refractivity contribution < 1.29 is 19.1 Å². The third-order valence-corrected chi connectivity index (χ3v) is 4.07. The lowest BCUT2D eigenvalue weighted by Crippen LogP contribution is -2.38. The molecule has 0 spiro atoms. The second kappa shape index (κ2) is 10.3. The molecule has 0 heterocycles. The number of amides is 1. The molecule has 144 valence electrons. The van der Waals surface area contributed by atoms with Crippen LogP contribution in [0.4, 0.5) is 5.69 Å². The molecule has 0 saturated carbocycles. The van der Waals surface area contributed by atoms with E-state index in [0.717, 1.165) is 5.75 Å². The van der Waals surface area contributed by atoms with Gasteiger partial charge in [0.25, 0.3) is 0 Å². The molecule has 0 aromatic heterocycles. The van der Waals surface area contributed by atoms with Crippen LogP contribution in [0.2, 0.25) is 0 Å². The van der Waals surface area contributed by atoms with Crippen molar-refractivity contribution in [3.8, 4) is 11.5 Å². The smallest absolute Gasteiger partial charge is 0.309 e. The minimum Gasteiger partial charge on any atom is -0.469 e. The summed E-state index contributed by atoms with van der Waals surface area (Å²) >= 11 is 0. The maximum Gasteiger partial charge on any atom is 0.309 e. The number of methoxy groups -OCH3 is 1. The Morgan fingerprint density at radius 1 is 1.04 bits per heavy atom. The largest absolute Gasteiger partial charge is 0.469 e. The lowest BCUT2D eigenvalue weighted by Gasteiger charge is -2.22. The molecule has 0 bridgehead atoms. The monoisotopic (exact) mass is 370 g/mol. The minimum atomic E-state index is -0.280. The Morgan fingerprint density at radius 3 is 2.26 bits per heavy atom. The van der Waals surface area contributed by atoms with Gasteiger partial charge in [-0.2, -0.15) is 0 Å². The standard InChI is InChI=1S/C21H26N2O4/c1-4-23(14-16(2)21(25)26-3)15-20(24)22-17-10-12-19(13-11-17)27-18-8-6-5-7-9-18/h5-13,16H,4,14-15H2,1-3H3,(H,22,24). The van der Waals surface area contributed by atoms with Gasteiger partial charge in [0.1, 0.15) is 11.5 Å². The van der Waals surface area contributed by atoms with Crippen molar-refractivity contribution >= 4 is 17.6 Å². The number of carbonyl (C=O) groups excluding carboxylic acids is 2. The van der Waals surface area contributed by atoms with Crippen LogP contribution in [-0.2, 0) is 14.3 Å². The van der Waals surface area contributed by atoms with Crippen molar-refractivity contribution in [2.75, 3.05) is 32.1 Å². The molecular formula is C21H26N2O4. The molecule has 1 atom stereocenters. The molecule has 2 aromatic carbocycles. The van der Waals surface area contributed by atoms with Crippen LogP contribution in [0, 0.1) is 5.92 Å². The van der Waals surface area contributed by atoms with Gasteiger partial charge in [0.15, 0.2) is 0 Å². The predicted molar refractivity (Wildman–Crippen MR) is 105 cm³/mol. The van der Waals surface area contributed by atoms with Gasteiger partial charge >= 0.3 is 5.97 Å². The Morgan fingerprint density at radius 2 is 1.67 bits per heavy atom. The predicted octanol–water partition coefficient (Wildman–Crippen LogP) is 3.55. The Bertz CT molecular complexity index is 732. The molecule has 0 radical (unpaired) electrons. The summed E-state index contributed by atoms with van der Waals surface area (Å²) in [7, 11) is 1.37. The van der Waals surface area contributed by atoms with Crippen LogP contribution in [-0.4, -0.2) is 43.5 Å². The maximum atomic E-state index is 12.3. The molecule has 0 saturated heterocycles. The molecule has 1 amide bonds. The molecule has 27 heavy (non-hydrogen) atoms. The fraction of sp³-hybridized carbons (Fsp3) is 0.333. The van der Waals surface area contributed by atoms with Crippen LogP contribution in [0.1, 0.15) is 13.8 Å². The van der Waals surface area contributed by atoms with E-state index in [-0.39, 0.29) is 24.3 Å². The summed E-state index contributed by atoms with van der Waals surface area (Å²) < 4.78 is 10.5. The molecule has 2 rings (SSSR count). The molecule has 0 aliphatic carbocycles. The average Bonchev–Trinajstić information content (AvgIpc) is 2.69. The Hall–Kier alpha value is -2.86. The van der Waals surface area contributed by atoms with E-state index >= 15 is 0 Å².